The molecule has 0 aromatic carbocycles. The first-order chi connectivity index (χ1) is 12.2. The van der Waals surface area contributed by atoms with E-state index in [0.29, 0.717) is 5.41 Å². The number of halogens is 15. The number of hydrogen-bond acceptors (Lipinski definition) is 1. The molecule has 0 bridgehead atoms. The average molecular weight is 469 g/mol. The second kappa shape index (κ2) is 7.55. The predicted molar refractivity (Wildman–Crippen MR) is 67.0 cm³/mol. The molecule has 29 heavy (non-hydrogen) atoms. The van der Waals surface area contributed by atoms with Gasteiger partial charge in [0.05, 0.1) is 0 Å². The van der Waals surface area contributed by atoms with E-state index >= 15 is 0 Å². The van der Waals surface area contributed by atoms with Crippen molar-refractivity contribution in [3.63, 3.8) is 0 Å². The maximum Gasteiger partial charge on any atom is 0.469 e. The molecule has 0 heterocycles. The van der Waals surface area contributed by atoms with Gasteiger partial charge in [0.1, 0.15) is 0 Å². The van der Waals surface area contributed by atoms with Crippen LogP contribution in [-0.4, -0.2) is 41.6 Å². The smallest absolute Gasteiger partial charge is 0.177 e. The van der Waals surface area contributed by atoms with Crippen LogP contribution < -0.4 is 0 Å². The topological polar surface area (TPSA) is 3.24 Å². The minimum absolute atomic E-state index is 0.681. The van der Waals surface area contributed by atoms with Gasteiger partial charge in [-0.1, -0.05) is 25.7 Å². The largest absolute Gasteiger partial charge is 0.469 e. The molecule has 0 N–H and O–H groups in total. The van der Waals surface area contributed by atoms with Crippen molar-refractivity contribution >= 4 is 0 Å². The molecule has 16 heteroatoms. The number of alkyl halides is 15. The summed E-state index contributed by atoms with van der Waals surface area (Å²) >= 11 is 0. The highest BCUT2D eigenvalue weighted by Gasteiger charge is 2.84. The van der Waals surface area contributed by atoms with E-state index < -0.39 is 41.6 Å². The molecule has 1 atom stereocenters. The maximum atomic E-state index is 12.5. The normalized spacial score (nSPS) is 21.4. The number of rotatable bonds is 3. The van der Waals surface area contributed by atoms with Gasteiger partial charge in [-0.2, -0.15) is 65.9 Å². The van der Waals surface area contributed by atoms with Gasteiger partial charge in [0.2, 0.25) is 0 Å². The van der Waals surface area contributed by atoms with Crippen LogP contribution in [0.5, 0.6) is 0 Å². The van der Waals surface area contributed by atoms with Crippen LogP contribution in [0.1, 0.15) is 33.6 Å². The highest BCUT2D eigenvalue weighted by atomic mass is 19.4. The third-order valence-corrected chi connectivity index (χ3v) is 4.42. The van der Waals surface area contributed by atoms with Crippen LogP contribution >= 0.6 is 0 Å². The number of hydrogen-bond donors (Lipinski definition) is 0. The van der Waals surface area contributed by atoms with Crippen molar-refractivity contribution in [3.05, 3.63) is 0 Å². The first kappa shape index (κ1) is 27.9. The zero-order valence-corrected chi connectivity index (χ0v) is 14.6. The van der Waals surface area contributed by atoms with Crippen molar-refractivity contribution < 1.29 is 65.9 Å². The van der Waals surface area contributed by atoms with Gasteiger partial charge >= 0.3 is 36.7 Å². The van der Waals surface area contributed by atoms with E-state index in [4.69, 9.17) is 0 Å². The van der Waals surface area contributed by atoms with Gasteiger partial charge in [0.25, 0.3) is 0 Å². The molecule has 0 aromatic rings. The third-order valence-electron chi connectivity index (χ3n) is 4.42. The number of nitrogens with zero attached hydrogens (tertiary/aromatic N) is 1. The zero-order valence-electron chi connectivity index (χ0n) is 14.6. The van der Waals surface area contributed by atoms with E-state index in [1.54, 1.807) is 0 Å². The van der Waals surface area contributed by atoms with Crippen LogP contribution in [0.2, 0.25) is 0 Å². The lowest BCUT2D eigenvalue weighted by atomic mass is 9.64. The molecular formula is C13H14F15N. The Labute approximate surface area is 153 Å². The molecule has 0 aliphatic heterocycles. The highest BCUT2D eigenvalue weighted by molar-refractivity contribution is 4.94. The summed E-state index contributed by atoms with van der Waals surface area (Å²) in [5.41, 5.74) is 0.681. The zero-order chi connectivity index (χ0) is 24.1. The summed E-state index contributed by atoms with van der Waals surface area (Å²) in [6, 6.07) is -23.6. The first-order valence-corrected chi connectivity index (χ1v) is 7.38. The molecule has 1 fully saturated rings. The fourth-order valence-electron chi connectivity index (χ4n) is 1.92. The van der Waals surface area contributed by atoms with Crippen LogP contribution in [0.25, 0.3) is 0 Å². The second-order valence-corrected chi connectivity index (χ2v) is 6.88. The average Bonchev–Trinajstić information content (AvgIpc) is 2.41. The summed E-state index contributed by atoms with van der Waals surface area (Å²) in [6.45, 7) is 7.03. The molecule has 1 aliphatic carbocycles. The first-order valence-electron chi connectivity index (χ1n) is 7.38. The van der Waals surface area contributed by atoms with Crippen molar-refractivity contribution in [2.45, 2.75) is 70.3 Å². The van der Waals surface area contributed by atoms with Gasteiger partial charge in [-0.3, -0.25) is 0 Å². The van der Waals surface area contributed by atoms with E-state index in [-0.39, 0.29) is 0 Å². The van der Waals surface area contributed by atoms with E-state index in [1.807, 2.05) is 0 Å². The van der Waals surface area contributed by atoms with Crippen LogP contribution in [-0.2, 0) is 0 Å². The summed E-state index contributed by atoms with van der Waals surface area (Å²) in [4.78, 5) is -4.56. The maximum absolute atomic E-state index is 12.5. The molecule has 1 aliphatic rings. The van der Waals surface area contributed by atoms with E-state index in [1.165, 1.54) is 12.8 Å². The fraction of sp³-hybridized carbons (Fsp3) is 1.00. The Morgan fingerprint density at radius 2 is 0.793 bits per heavy atom. The standard InChI is InChI=1S/C7H14.C6F15N/c1-6-4-5-7(6,2)3;7-1(8,9)4(16,17)22(5(18,19)2(10,11)12)6(20,21)3(13,14)15/h6H,4-5H2,1-3H3;. The van der Waals surface area contributed by atoms with Crippen molar-refractivity contribution in [3.8, 4) is 0 Å². The van der Waals surface area contributed by atoms with E-state index in [2.05, 4.69) is 20.8 Å². The summed E-state index contributed by atoms with van der Waals surface area (Å²) < 4.78 is 180. The van der Waals surface area contributed by atoms with Crippen molar-refractivity contribution in [1.29, 1.82) is 0 Å². The van der Waals surface area contributed by atoms with Gasteiger partial charge in [-0.05, 0) is 24.2 Å². The summed E-state index contributed by atoms with van der Waals surface area (Å²) in [5, 5.41) is 0. The second-order valence-electron chi connectivity index (χ2n) is 6.88. The third kappa shape index (κ3) is 5.34. The molecule has 0 spiro atoms. The lowest BCUT2D eigenvalue weighted by Crippen LogP contribution is -2.72. The van der Waals surface area contributed by atoms with Crippen LogP contribution in [0, 0.1) is 11.3 Å². The lowest BCUT2D eigenvalue weighted by Gasteiger charge is -2.42. The molecule has 0 radical (unpaired) electrons. The van der Waals surface area contributed by atoms with Gasteiger partial charge in [0.15, 0.2) is 0 Å². The molecule has 0 amide bonds. The Hall–Kier alpha value is -1.09. The molecule has 1 rings (SSSR count). The van der Waals surface area contributed by atoms with Crippen molar-refractivity contribution in [2.24, 2.45) is 11.3 Å². The molecule has 1 unspecified atom stereocenters. The SMILES string of the molecule is CC1CCC1(C)C.FC(F)(F)C(F)(F)N(C(F)(F)C(F)(F)F)C(F)(F)C(F)(F)F. The van der Waals surface area contributed by atoms with Crippen molar-refractivity contribution in [1.82, 2.24) is 4.90 Å². The van der Waals surface area contributed by atoms with E-state index in [0.717, 1.165) is 5.92 Å². The molecule has 0 aromatic heterocycles. The minimum Gasteiger partial charge on any atom is -0.177 e. The monoisotopic (exact) mass is 469 g/mol. The highest BCUT2D eigenvalue weighted by Crippen LogP contribution is 2.56. The van der Waals surface area contributed by atoms with Gasteiger partial charge < -0.3 is 0 Å². The minimum atomic E-state index is -7.87. The fourth-order valence-corrected chi connectivity index (χ4v) is 1.92. The van der Waals surface area contributed by atoms with Gasteiger partial charge in [0, 0.05) is 0 Å². The Kier molecular flexibility index (Phi) is 7.27. The quantitative estimate of drug-likeness (QED) is 0.312. The molecular weight excluding hydrogens is 455 g/mol. The predicted octanol–water partition coefficient (Wildman–Crippen LogP) is 7.20. The Balaban J connectivity index is 0.000000929. The van der Waals surface area contributed by atoms with Gasteiger partial charge in [-0.15, -0.1) is 0 Å². The van der Waals surface area contributed by atoms with E-state index in [9.17, 15) is 65.9 Å². The Morgan fingerprint density at radius 1 is 0.586 bits per heavy atom. The van der Waals surface area contributed by atoms with Gasteiger partial charge in [-0.25, -0.2) is 0 Å². The molecule has 176 valence electrons. The molecule has 0 saturated heterocycles. The summed E-state index contributed by atoms with van der Waals surface area (Å²) in [5.74, 6) is 0.979. The summed E-state index contributed by atoms with van der Waals surface area (Å²) in [6.07, 6.45) is -19.9. The van der Waals surface area contributed by atoms with Crippen LogP contribution in [0.15, 0.2) is 0 Å². The van der Waals surface area contributed by atoms with Crippen LogP contribution in [0.3, 0.4) is 0 Å². The summed E-state index contributed by atoms with van der Waals surface area (Å²) in [7, 11) is 0. The molecule has 1 nitrogen and oxygen atoms in total. The van der Waals surface area contributed by atoms with Crippen LogP contribution in [0.4, 0.5) is 65.9 Å². The van der Waals surface area contributed by atoms with Crippen molar-refractivity contribution in [2.75, 3.05) is 0 Å². The Bertz CT molecular complexity index is 492. The lowest BCUT2D eigenvalue weighted by molar-refractivity contribution is -0.507. The molecule has 1 saturated carbocycles. The Morgan fingerprint density at radius 3 is 0.862 bits per heavy atom.